The molecular weight excluding hydrogens is 258 g/mol. The highest BCUT2D eigenvalue weighted by Crippen LogP contribution is 2.09. The van der Waals surface area contributed by atoms with Gasteiger partial charge in [0.25, 0.3) is 0 Å². The lowest BCUT2D eigenvalue weighted by atomic mass is 10.2. The van der Waals surface area contributed by atoms with Crippen molar-refractivity contribution in [1.82, 2.24) is 15.1 Å². The summed E-state index contributed by atoms with van der Waals surface area (Å²) in [7, 11) is 0. The number of hydrogen-bond donors (Lipinski definition) is 2. The zero-order valence-corrected chi connectivity index (χ0v) is 12.4. The number of carbonyl (C=O) groups is 1. The highest BCUT2D eigenvalue weighted by Gasteiger charge is 2.23. The molecule has 2 unspecified atom stereocenters. The standard InChI is InChI=1S/C14H27N3O3/c1-12(14(19)17-4-2-3-5-17)15-10-13(18)11-16-6-8-20-9-7-16/h12-13,15,18H,2-11H2,1H3. The minimum Gasteiger partial charge on any atom is -0.390 e. The van der Waals surface area contributed by atoms with Gasteiger partial charge in [-0.05, 0) is 19.8 Å². The van der Waals surface area contributed by atoms with E-state index in [0.717, 1.165) is 52.2 Å². The molecule has 0 aromatic rings. The van der Waals surface area contributed by atoms with E-state index < -0.39 is 6.10 Å². The molecule has 0 bridgehead atoms. The quantitative estimate of drug-likeness (QED) is 0.674. The summed E-state index contributed by atoms with van der Waals surface area (Å²) in [4.78, 5) is 16.2. The lowest BCUT2D eigenvalue weighted by Gasteiger charge is -2.29. The summed E-state index contributed by atoms with van der Waals surface area (Å²) in [5.41, 5.74) is 0. The lowest BCUT2D eigenvalue weighted by Crippen LogP contribution is -2.48. The van der Waals surface area contributed by atoms with Gasteiger partial charge in [0, 0.05) is 39.3 Å². The van der Waals surface area contributed by atoms with Crippen LogP contribution in [0, 0.1) is 0 Å². The second kappa shape index (κ2) is 7.93. The molecule has 2 aliphatic heterocycles. The molecule has 2 aliphatic rings. The normalized spacial score (nSPS) is 23.8. The van der Waals surface area contributed by atoms with Crippen molar-refractivity contribution in [2.24, 2.45) is 0 Å². The van der Waals surface area contributed by atoms with E-state index in [-0.39, 0.29) is 11.9 Å². The SMILES string of the molecule is CC(NCC(O)CN1CCOCC1)C(=O)N1CCCC1. The van der Waals surface area contributed by atoms with Crippen LogP contribution in [0.5, 0.6) is 0 Å². The monoisotopic (exact) mass is 285 g/mol. The van der Waals surface area contributed by atoms with E-state index in [1.807, 2.05) is 11.8 Å². The molecule has 2 saturated heterocycles. The number of nitrogens with zero attached hydrogens (tertiary/aromatic N) is 2. The van der Waals surface area contributed by atoms with Gasteiger partial charge < -0.3 is 20.1 Å². The Bertz CT molecular complexity index is 302. The van der Waals surface area contributed by atoms with Crippen LogP contribution in [-0.4, -0.2) is 85.4 Å². The largest absolute Gasteiger partial charge is 0.390 e. The molecule has 2 rings (SSSR count). The van der Waals surface area contributed by atoms with Crippen LogP contribution in [0.15, 0.2) is 0 Å². The van der Waals surface area contributed by atoms with E-state index in [2.05, 4.69) is 10.2 Å². The smallest absolute Gasteiger partial charge is 0.239 e. The number of ether oxygens (including phenoxy) is 1. The van der Waals surface area contributed by atoms with Crippen molar-refractivity contribution in [1.29, 1.82) is 0 Å². The molecule has 0 aliphatic carbocycles. The summed E-state index contributed by atoms with van der Waals surface area (Å²) in [6.45, 7) is 7.95. The zero-order chi connectivity index (χ0) is 14.4. The van der Waals surface area contributed by atoms with Gasteiger partial charge in [-0.3, -0.25) is 9.69 Å². The van der Waals surface area contributed by atoms with Crippen LogP contribution in [0.3, 0.4) is 0 Å². The molecule has 6 heteroatoms. The zero-order valence-electron chi connectivity index (χ0n) is 12.4. The van der Waals surface area contributed by atoms with Gasteiger partial charge >= 0.3 is 0 Å². The number of likely N-dealkylation sites (tertiary alicyclic amines) is 1. The molecule has 116 valence electrons. The highest BCUT2D eigenvalue weighted by atomic mass is 16.5. The van der Waals surface area contributed by atoms with Gasteiger partial charge in [0.2, 0.25) is 5.91 Å². The number of carbonyl (C=O) groups excluding carboxylic acids is 1. The molecule has 0 saturated carbocycles. The molecule has 2 atom stereocenters. The van der Waals surface area contributed by atoms with Gasteiger partial charge in [-0.15, -0.1) is 0 Å². The molecule has 2 fully saturated rings. The van der Waals surface area contributed by atoms with Crippen LogP contribution in [0.1, 0.15) is 19.8 Å². The molecule has 2 N–H and O–H groups in total. The maximum absolute atomic E-state index is 12.1. The van der Waals surface area contributed by atoms with Crippen LogP contribution in [-0.2, 0) is 9.53 Å². The summed E-state index contributed by atoms with van der Waals surface area (Å²) >= 11 is 0. The number of amides is 1. The molecule has 0 aromatic carbocycles. The van der Waals surface area contributed by atoms with E-state index in [0.29, 0.717) is 13.1 Å². The van der Waals surface area contributed by atoms with Crippen molar-refractivity contribution >= 4 is 5.91 Å². The lowest BCUT2D eigenvalue weighted by molar-refractivity contribution is -0.132. The fourth-order valence-electron chi connectivity index (χ4n) is 2.76. The Balaban J connectivity index is 1.63. The molecule has 0 spiro atoms. The predicted octanol–water partition coefficient (Wildman–Crippen LogP) is -0.720. The first kappa shape index (κ1) is 15.7. The van der Waals surface area contributed by atoms with Crippen molar-refractivity contribution in [2.75, 3.05) is 52.5 Å². The summed E-state index contributed by atoms with van der Waals surface area (Å²) < 4.78 is 5.28. The average molecular weight is 285 g/mol. The number of aliphatic hydroxyl groups is 1. The van der Waals surface area contributed by atoms with Crippen molar-refractivity contribution in [3.63, 3.8) is 0 Å². The fourth-order valence-corrected chi connectivity index (χ4v) is 2.76. The number of aliphatic hydroxyl groups excluding tert-OH is 1. The summed E-state index contributed by atoms with van der Waals surface area (Å²) in [6.07, 6.45) is 1.78. The van der Waals surface area contributed by atoms with Gasteiger partial charge in [0.15, 0.2) is 0 Å². The predicted molar refractivity (Wildman–Crippen MR) is 76.5 cm³/mol. The second-order valence-corrected chi connectivity index (χ2v) is 5.73. The van der Waals surface area contributed by atoms with Gasteiger partial charge in [-0.1, -0.05) is 0 Å². The minimum absolute atomic E-state index is 0.154. The average Bonchev–Trinajstić information content (AvgIpc) is 2.99. The van der Waals surface area contributed by atoms with Crippen LogP contribution >= 0.6 is 0 Å². The topological polar surface area (TPSA) is 65.0 Å². The number of hydrogen-bond acceptors (Lipinski definition) is 5. The summed E-state index contributed by atoms with van der Waals surface area (Å²) in [5.74, 6) is 0.154. The number of nitrogens with one attached hydrogen (secondary N) is 1. The Kier molecular flexibility index (Phi) is 6.22. The Morgan fingerprint density at radius 3 is 2.55 bits per heavy atom. The van der Waals surface area contributed by atoms with Gasteiger partial charge in [0.05, 0.1) is 25.4 Å². The molecular formula is C14H27N3O3. The third-order valence-electron chi connectivity index (χ3n) is 4.02. The first-order valence-corrected chi connectivity index (χ1v) is 7.67. The Morgan fingerprint density at radius 1 is 1.25 bits per heavy atom. The van der Waals surface area contributed by atoms with Crippen molar-refractivity contribution in [2.45, 2.75) is 31.9 Å². The van der Waals surface area contributed by atoms with Crippen molar-refractivity contribution in [3.05, 3.63) is 0 Å². The maximum atomic E-state index is 12.1. The Hall–Kier alpha value is -0.690. The van der Waals surface area contributed by atoms with Crippen LogP contribution < -0.4 is 5.32 Å². The highest BCUT2D eigenvalue weighted by molar-refractivity contribution is 5.81. The molecule has 1 amide bonds. The van der Waals surface area contributed by atoms with Gasteiger partial charge in [-0.25, -0.2) is 0 Å². The number of β-amino-alcohol motifs (C(OH)–C–C–N with tert-alkyl or cyclic N) is 1. The minimum atomic E-state index is -0.443. The van der Waals surface area contributed by atoms with Crippen LogP contribution in [0.25, 0.3) is 0 Å². The summed E-state index contributed by atoms with van der Waals surface area (Å²) in [5, 5.41) is 13.2. The van der Waals surface area contributed by atoms with E-state index in [9.17, 15) is 9.90 Å². The third-order valence-corrected chi connectivity index (χ3v) is 4.02. The number of morpholine rings is 1. The molecule has 6 nitrogen and oxygen atoms in total. The maximum Gasteiger partial charge on any atom is 0.239 e. The van der Waals surface area contributed by atoms with E-state index >= 15 is 0 Å². The van der Waals surface area contributed by atoms with Crippen molar-refractivity contribution in [3.8, 4) is 0 Å². The van der Waals surface area contributed by atoms with Crippen LogP contribution in [0.2, 0.25) is 0 Å². The van der Waals surface area contributed by atoms with Gasteiger partial charge in [0.1, 0.15) is 0 Å². The summed E-state index contributed by atoms with van der Waals surface area (Å²) in [6, 6.07) is -0.215. The van der Waals surface area contributed by atoms with E-state index in [4.69, 9.17) is 4.74 Å². The van der Waals surface area contributed by atoms with E-state index in [1.165, 1.54) is 0 Å². The molecule has 20 heavy (non-hydrogen) atoms. The van der Waals surface area contributed by atoms with Crippen molar-refractivity contribution < 1.29 is 14.6 Å². The molecule has 0 radical (unpaired) electrons. The number of rotatable bonds is 6. The fraction of sp³-hybridized carbons (Fsp3) is 0.929. The van der Waals surface area contributed by atoms with Gasteiger partial charge in [-0.2, -0.15) is 0 Å². The van der Waals surface area contributed by atoms with Crippen LogP contribution in [0.4, 0.5) is 0 Å². The third kappa shape index (κ3) is 4.70. The molecule has 0 aromatic heterocycles. The second-order valence-electron chi connectivity index (χ2n) is 5.73. The Morgan fingerprint density at radius 2 is 1.90 bits per heavy atom. The Labute approximate surface area is 121 Å². The van der Waals surface area contributed by atoms with E-state index in [1.54, 1.807) is 0 Å². The first-order chi connectivity index (χ1) is 9.66. The molecule has 2 heterocycles. The first-order valence-electron chi connectivity index (χ1n) is 7.67.